The minimum atomic E-state index is 0.327. The van der Waals surface area contributed by atoms with Crippen molar-refractivity contribution in [1.29, 1.82) is 0 Å². The van der Waals surface area contributed by atoms with Crippen LogP contribution in [-0.4, -0.2) is 15.8 Å². The normalized spacial score (nSPS) is 12.9. The molecule has 0 aliphatic rings. The third-order valence-electron chi connectivity index (χ3n) is 3.28. The summed E-state index contributed by atoms with van der Waals surface area (Å²) in [6.07, 6.45) is 5.39. The average Bonchev–Trinajstić information content (AvgIpc) is 2.70. The largest absolute Gasteiger partial charge is 0.271 e. The number of nitrogens with zero attached hydrogens (tertiary/aromatic N) is 2. The topological polar surface area (TPSA) is 55.9 Å². The maximum atomic E-state index is 5.65. The van der Waals surface area contributed by atoms with E-state index in [1.54, 1.807) is 0 Å². The van der Waals surface area contributed by atoms with E-state index in [2.05, 4.69) is 51.9 Å². The lowest BCUT2D eigenvalue weighted by Gasteiger charge is -2.16. The summed E-state index contributed by atoms with van der Waals surface area (Å²) >= 11 is 3.68. The highest BCUT2D eigenvalue weighted by Crippen LogP contribution is 2.24. The molecule has 1 unspecified atom stereocenters. The van der Waals surface area contributed by atoms with Crippen LogP contribution in [0, 0.1) is 0 Å². The number of hydrazine groups is 1. The van der Waals surface area contributed by atoms with E-state index >= 15 is 0 Å². The van der Waals surface area contributed by atoms with E-state index in [0.29, 0.717) is 6.04 Å². The Morgan fingerprint density at radius 1 is 1.39 bits per heavy atom. The molecule has 0 aromatic carbocycles. The van der Waals surface area contributed by atoms with E-state index < -0.39 is 0 Å². The molecule has 0 bridgehead atoms. The molecule has 5 heteroatoms. The minimum Gasteiger partial charge on any atom is -0.271 e. The Kier molecular flexibility index (Phi) is 6.89. The van der Waals surface area contributed by atoms with Crippen molar-refractivity contribution in [3.63, 3.8) is 0 Å². The van der Waals surface area contributed by atoms with Crippen LogP contribution in [0.3, 0.4) is 0 Å². The Morgan fingerprint density at radius 2 is 2.11 bits per heavy atom. The Balaban J connectivity index is 2.83. The van der Waals surface area contributed by atoms with Gasteiger partial charge in [-0.3, -0.25) is 16.0 Å². The molecule has 0 radical (unpaired) electrons. The summed E-state index contributed by atoms with van der Waals surface area (Å²) in [5.41, 5.74) is 5.32. The number of rotatable bonds is 8. The zero-order valence-corrected chi connectivity index (χ0v) is 13.3. The highest BCUT2D eigenvalue weighted by Gasteiger charge is 2.17. The van der Waals surface area contributed by atoms with Crippen molar-refractivity contribution in [2.75, 3.05) is 0 Å². The molecule has 0 saturated carbocycles. The predicted molar refractivity (Wildman–Crippen MR) is 79.3 cm³/mol. The molecule has 0 saturated heterocycles. The molecule has 1 aromatic rings. The molecule has 4 nitrogen and oxygen atoms in total. The maximum Gasteiger partial charge on any atom is 0.0766 e. The van der Waals surface area contributed by atoms with Gasteiger partial charge in [0.2, 0.25) is 0 Å². The lowest BCUT2D eigenvalue weighted by molar-refractivity contribution is 0.456. The van der Waals surface area contributed by atoms with Gasteiger partial charge in [0.05, 0.1) is 15.9 Å². The lowest BCUT2D eigenvalue weighted by atomic mass is 10.0. The molecule has 0 amide bonds. The van der Waals surface area contributed by atoms with E-state index in [1.807, 2.05) is 0 Å². The molecule has 0 fully saturated rings. The van der Waals surface area contributed by atoms with Crippen LogP contribution in [0.2, 0.25) is 0 Å². The molecule has 0 aliphatic heterocycles. The SMILES string of the molecule is CCCCC(Cc1c(Br)c(CC)nn1CC)NN. The van der Waals surface area contributed by atoms with Gasteiger partial charge in [-0.05, 0) is 35.7 Å². The van der Waals surface area contributed by atoms with Gasteiger partial charge in [-0.1, -0.05) is 26.7 Å². The van der Waals surface area contributed by atoms with Crippen LogP contribution >= 0.6 is 15.9 Å². The first-order valence-electron chi connectivity index (χ1n) is 6.87. The fraction of sp³-hybridized carbons (Fsp3) is 0.769. The van der Waals surface area contributed by atoms with Gasteiger partial charge in [0, 0.05) is 19.0 Å². The summed E-state index contributed by atoms with van der Waals surface area (Å²) in [5.74, 6) is 5.65. The molecule has 1 aromatic heterocycles. The highest BCUT2D eigenvalue weighted by atomic mass is 79.9. The lowest BCUT2D eigenvalue weighted by Crippen LogP contribution is -2.37. The van der Waals surface area contributed by atoms with E-state index in [9.17, 15) is 0 Å². The van der Waals surface area contributed by atoms with Crippen LogP contribution in [0.15, 0.2) is 4.47 Å². The van der Waals surface area contributed by atoms with E-state index in [1.165, 1.54) is 18.5 Å². The fourth-order valence-electron chi connectivity index (χ4n) is 2.14. The number of halogens is 1. The second kappa shape index (κ2) is 7.92. The fourth-order valence-corrected chi connectivity index (χ4v) is 2.87. The quantitative estimate of drug-likeness (QED) is 0.572. The standard InChI is InChI=1S/C13H25BrN4/c1-4-7-8-10(16-15)9-12-13(14)11(5-2)17-18(12)6-3/h10,16H,4-9,15H2,1-3H3. The van der Waals surface area contributed by atoms with Gasteiger partial charge >= 0.3 is 0 Å². The molecule has 0 aliphatic carbocycles. The first kappa shape index (κ1) is 15.7. The minimum absolute atomic E-state index is 0.327. The third kappa shape index (κ3) is 3.80. The zero-order valence-electron chi connectivity index (χ0n) is 11.7. The van der Waals surface area contributed by atoms with E-state index in [4.69, 9.17) is 5.84 Å². The summed E-state index contributed by atoms with van der Waals surface area (Å²) in [4.78, 5) is 0. The molecular weight excluding hydrogens is 292 g/mol. The smallest absolute Gasteiger partial charge is 0.0766 e. The maximum absolute atomic E-state index is 5.65. The second-order valence-electron chi connectivity index (χ2n) is 4.59. The Labute approximate surface area is 118 Å². The van der Waals surface area contributed by atoms with Gasteiger partial charge in [-0.2, -0.15) is 5.10 Å². The van der Waals surface area contributed by atoms with Gasteiger partial charge in [-0.25, -0.2) is 0 Å². The van der Waals surface area contributed by atoms with Crippen LogP contribution in [-0.2, 0) is 19.4 Å². The second-order valence-corrected chi connectivity index (χ2v) is 5.38. The monoisotopic (exact) mass is 316 g/mol. The zero-order chi connectivity index (χ0) is 13.5. The van der Waals surface area contributed by atoms with Crippen molar-refractivity contribution < 1.29 is 0 Å². The molecule has 104 valence electrons. The first-order valence-corrected chi connectivity index (χ1v) is 7.67. The summed E-state index contributed by atoms with van der Waals surface area (Å²) in [7, 11) is 0. The molecular formula is C13H25BrN4. The molecule has 3 N–H and O–H groups in total. The van der Waals surface area contributed by atoms with Crippen molar-refractivity contribution in [2.24, 2.45) is 5.84 Å². The first-order chi connectivity index (χ1) is 8.67. The van der Waals surface area contributed by atoms with Crippen LogP contribution in [0.25, 0.3) is 0 Å². The van der Waals surface area contributed by atoms with Crippen LogP contribution in [0.5, 0.6) is 0 Å². The number of hydrogen-bond acceptors (Lipinski definition) is 3. The third-order valence-corrected chi connectivity index (χ3v) is 4.19. The number of aryl methyl sites for hydroxylation is 2. The van der Waals surface area contributed by atoms with Crippen LogP contribution in [0.4, 0.5) is 0 Å². The Morgan fingerprint density at radius 3 is 2.61 bits per heavy atom. The van der Waals surface area contributed by atoms with Gasteiger partial charge < -0.3 is 0 Å². The van der Waals surface area contributed by atoms with Gasteiger partial charge in [0.15, 0.2) is 0 Å². The molecule has 1 atom stereocenters. The number of nitrogens with one attached hydrogen (secondary N) is 1. The summed E-state index contributed by atoms with van der Waals surface area (Å²) < 4.78 is 3.24. The Hall–Kier alpha value is -0.390. The van der Waals surface area contributed by atoms with Crippen LogP contribution < -0.4 is 11.3 Å². The van der Waals surface area contributed by atoms with Crippen molar-refractivity contribution in [3.8, 4) is 0 Å². The van der Waals surface area contributed by atoms with Gasteiger partial charge in [0.1, 0.15) is 0 Å². The summed E-state index contributed by atoms with van der Waals surface area (Å²) in [6.45, 7) is 7.36. The van der Waals surface area contributed by atoms with Crippen molar-refractivity contribution in [1.82, 2.24) is 15.2 Å². The summed E-state index contributed by atoms with van der Waals surface area (Å²) in [6, 6.07) is 0.327. The molecule has 1 rings (SSSR count). The molecule has 1 heterocycles. The Bertz CT molecular complexity index is 362. The van der Waals surface area contributed by atoms with Gasteiger partial charge in [-0.15, -0.1) is 0 Å². The number of unbranched alkanes of at least 4 members (excludes halogenated alkanes) is 1. The van der Waals surface area contributed by atoms with Crippen molar-refractivity contribution >= 4 is 15.9 Å². The summed E-state index contributed by atoms with van der Waals surface area (Å²) in [5, 5.41) is 4.62. The molecule has 18 heavy (non-hydrogen) atoms. The number of aromatic nitrogens is 2. The van der Waals surface area contributed by atoms with Crippen LogP contribution in [0.1, 0.15) is 51.4 Å². The number of hydrogen-bond donors (Lipinski definition) is 2. The predicted octanol–water partition coefficient (Wildman–Crippen LogP) is 2.79. The molecule has 0 spiro atoms. The van der Waals surface area contributed by atoms with E-state index in [-0.39, 0.29) is 0 Å². The van der Waals surface area contributed by atoms with Crippen molar-refractivity contribution in [2.45, 2.75) is 65.5 Å². The van der Waals surface area contributed by atoms with E-state index in [0.717, 1.165) is 36.0 Å². The number of nitrogens with two attached hydrogens (primary N) is 1. The highest BCUT2D eigenvalue weighted by molar-refractivity contribution is 9.10. The average molecular weight is 317 g/mol. The van der Waals surface area contributed by atoms with Crippen molar-refractivity contribution in [3.05, 3.63) is 15.9 Å². The van der Waals surface area contributed by atoms with Gasteiger partial charge in [0.25, 0.3) is 0 Å².